The molecule has 0 unspecified atom stereocenters. The smallest absolute Gasteiger partial charge is 0.274 e. The molecule has 4 aromatic heterocycles. The highest BCUT2D eigenvalue weighted by molar-refractivity contribution is 6.02. The minimum atomic E-state index is -0.379. The van der Waals surface area contributed by atoms with Crippen molar-refractivity contribution in [3.63, 3.8) is 0 Å². The summed E-state index contributed by atoms with van der Waals surface area (Å²) in [6.07, 6.45) is 9.33. The van der Waals surface area contributed by atoms with E-state index >= 15 is 4.39 Å². The monoisotopic (exact) mass is 533 g/mol. The van der Waals surface area contributed by atoms with Crippen molar-refractivity contribution < 1.29 is 9.18 Å². The molecule has 0 bridgehead atoms. The topological polar surface area (TPSA) is 117 Å². The predicted molar refractivity (Wildman–Crippen MR) is 146 cm³/mol. The van der Waals surface area contributed by atoms with E-state index in [-0.39, 0.29) is 23.8 Å². The maximum absolute atomic E-state index is 15.2. The third-order valence-corrected chi connectivity index (χ3v) is 7.15. The molecule has 0 saturated carbocycles. The largest absolute Gasteiger partial charge is 0.349 e. The molecule has 11 heteroatoms. The maximum atomic E-state index is 15.2. The number of nitriles is 1. The van der Waals surface area contributed by atoms with Crippen LogP contribution < -0.4 is 4.90 Å². The minimum Gasteiger partial charge on any atom is -0.349 e. The Bertz CT molecular complexity index is 1760. The fourth-order valence-corrected chi connectivity index (χ4v) is 5.20. The number of piperazine rings is 1. The maximum Gasteiger partial charge on any atom is 0.274 e. The Labute approximate surface area is 229 Å². The lowest BCUT2D eigenvalue weighted by Crippen LogP contribution is -2.58. The van der Waals surface area contributed by atoms with E-state index in [2.05, 4.69) is 35.9 Å². The second-order valence-corrected chi connectivity index (χ2v) is 9.70. The average molecular weight is 534 g/mol. The van der Waals surface area contributed by atoms with Gasteiger partial charge in [0.2, 0.25) is 0 Å². The zero-order valence-corrected chi connectivity index (χ0v) is 21.8. The van der Waals surface area contributed by atoms with Gasteiger partial charge in [0.1, 0.15) is 29.5 Å². The molecular formula is C29H24FN9O. The molecule has 0 aliphatic carbocycles. The fraction of sp³-hybridized carbons (Fsp3) is 0.207. The third-order valence-electron chi connectivity index (χ3n) is 7.15. The SMILES string of the molecule is C[C@@H]1CN(c2ncnc3c2c(-c2ccccc2F)cn3-c2cc(C#N)ccn2)[C@@H](C)CN1C(=O)c1cnccn1. The van der Waals surface area contributed by atoms with E-state index in [0.717, 1.165) is 0 Å². The number of rotatable bonds is 4. The summed E-state index contributed by atoms with van der Waals surface area (Å²) in [4.78, 5) is 39.0. The van der Waals surface area contributed by atoms with Crippen LogP contribution in [0.2, 0.25) is 0 Å². The van der Waals surface area contributed by atoms with Crippen molar-refractivity contribution in [2.24, 2.45) is 0 Å². The van der Waals surface area contributed by atoms with Crippen molar-refractivity contribution in [1.29, 1.82) is 5.26 Å². The van der Waals surface area contributed by atoms with Crippen molar-refractivity contribution in [2.75, 3.05) is 18.0 Å². The van der Waals surface area contributed by atoms with Crippen LogP contribution in [0, 0.1) is 17.1 Å². The molecule has 40 heavy (non-hydrogen) atoms. The van der Waals surface area contributed by atoms with Crippen LogP contribution in [0.25, 0.3) is 28.0 Å². The number of hydrogen-bond acceptors (Lipinski definition) is 8. The van der Waals surface area contributed by atoms with Gasteiger partial charge in [0.15, 0.2) is 5.65 Å². The molecule has 0 spiro atoms. The molecule has 5 heterocycles. The highest BCUT2D eigenvalue weighted by Gasteiger charge is 2.35. The van der Waals surface area contributed by atoms with Gasteiger partial charge < -0.3 is 9.80 Å². The molecule has 1 aliphatic heterocycles. The highest BCUT2D eigenvalue weighted by Crippen LogP contribution is 2.39. The first-order valence-electron chi connectivity index (χ1n) is 12.8. The number of fused-ring (bicyclic) bond motifs is 1. The third kappa shape index (κ3) is 4.29. The van der Waals surface area contributed by atoms with Gasteiger partial charge in [0, 0.05) is 61.1 Å². The first-order valence-corrected chi connectivity index (χ1v) is 12.8. The lowest BCUT2D eigenvalue weighted by molar-refractivity contribution is 0.0637. The molecule has 5 aromatic rings. The van der Waals surface area contributed by atoms with Gasteiger partial charge in [-0.05, 0) is 32.0 Å². The normalized spacial score (nSPS) is 17.1. The first kappa shape index (κ1) is 25.1. The molecule has 1 aliphatic rings. The van der Waals surface area contributed by atoms with Gasteiger partial charge in [-0.3, -0.25) is 14.3 Å². The summed E-state index contributed by atoms with van der Waals surface area (Å²) in [6, 6.07) is 11.7. The summed E-state index contributed by atoms with van der Waals surface area (Å²) in [5, 5.41) is 10.1. The van der Waals surface area contributed by atoms with Gasteiger partial charge in [-0.1, -0.05) is 18.2 Å². The molecule has 2 atom stereocenters. The van der Waals surface area contributed by atoms with E-state index in [9.17, 15) is 10.1 Å². The Kier molecular flexibility index (Phi) is 6.36. The fourth-order valence-electron chi connectivity index (χ4n) is 5.20. The Hall–Kier alpha value is -5.24. The molecular weight excluding hydrogens is 509 g/mol. The van der Waals surface area contributed by atoms with Crippen LogP contribution in [-0.4, -0.2) is 65.5 Å². The summed E-state index contributed by atoms with van der Waals surface area (Å²) < 4.78 is 16.9. The number of pyridine rings is 1. The summed E-state index contributed by atoms with van der Waals surface area (Å²) in [6.45, 7) is 4.92. The average Bonchev–Trinajstić information content (AvgIpc) is 3.38. The Morgan fingerprint density at radius 3 is 2.62 bits per heavy atom. The standard InChI is InChI=1S/C29H24FN9O/c1-18-15-38(29(40)24-13-32-9-10-33-24)19(2)14-37(18)27-26-22(21-5-3-4-6-23(21)30)16-39(28(26)36-17-35-27)25-11-20(12-31)7-8-34-25/h3-11,13,16-19H,14-15H2,1-2H3/t18-,19+/m0/s1. The van der Waals surface area contributed by atoms with Crippen LogP contribution >= 0.6 is 0 Å². The molecule has 1 saturated heterocycles. The molecule has 0 radical (unpaired) electrons. The number of hydrogen-bond donors (Lipinski definition) is 0. The van der Waals surface area contributed by atoms with Gasteiger partial charge >= 0.3 is 0 Å². The molecule has 10 nitrogen and oxygen atoms in total. The number of anilines is 1. The van der Waals surface area contributed by atoms with Crippen molar-refractivity contribution in [3.8, 4) is 23.0 Å². The zero-order valence-electron chi connectivity index (χ0n) is 21.8. The first-order chi connectivity index (χ1) is 19.5. The Balaban J connectivity index is 1.47. The number of aromatic nitrogens is 6. The van der Waals surface area contributed by atoms with Crippen LogP contribution in [-0.2, 0) is 0 Å². The Morgan fingerprint density at radius 1 is 1.00 bits per heavy atom. The van der Waals surface area contributed by atoms with Gasteiger partial charge in [-0.25, -0.2) is 24.3 Å². The summed E-state index contributed by atoms with van der Waals surface area (Å²) in [5.41, 5.74) is 2.27. The van der Waals surface area contributed by atoms with Gasteiger partial charge in [-0.15, -0.1) is 0 Å². The van der Waals surface area contributed by atoms with Crippen molar-refractivity contribution in [2.45, 2.75) is 25.9 Å². The lowest BCUT2D eigenvalue weighted by Gasteiger charge is -2.44. The Morgan fingerprint density at radius 2 is 1.85 bits per heavy atom. The van der Waals surface area contributed by atoms with Gasteiger partial charge in [0.05, 0.1) is 23.2 Å². The number of nitrogens with zero attached hydrogens (tertiary/aromatic N) is 9. The summed E-state index contributed by atoms with van der Waals surface area (Å²) >= 11 is 0. The van der Waals surface area contributed by atoms with Crippen LogP contribution in [0.15, 0.2) is 73.7 Å². The number of halogens is 1. The molecule has 198 valence electrons. The van der Waals surface area contributed by atoms with Crippen molar-refractivity contribution in [3.05, 3.63) is 90.8 Å². The van der Waals surface area contributed by atoms with E-state index in [1.54, 1.807) is 52.2 Å². The van der Waals surface area contributed by atoms with Crippen LogP contribution in [0.1, 0.15) is 29.9 Å². The second-order valence-electron chi connectivity index (χ2n) is 9.70. The highest BCUT2D eigenvalue weighted by atomic mass is 19.1. The van der Waals surface area contributed by atoms with E-state index in [4.69, 9.17) is 0 Å². The molecule has 1 amide bonds. The van der Waals surface area contributed by atoms with E-state index in [0.29, 0.717) is 58.1 Å². The minimum absolute atomic E-state index is 0.119. The number of carbonyl (C=O) groups is 1. The van der Waals surface area contributed by atoms with Crippen molar-refractivity contribution in [1.82, 2.24) is 34.4 Å². The molecule has 0 N–H and O–H groups in total. The number of carbonyl (C=O) groups excluding carboxylic acids is 1. The summed E-state index contributed by atoms with van der Waals surface area (Å²) in [5.74, 6) is 0.555. The quantitative estimate of drug-likeness (QED) is 0.340. The van der Waals surface area contributed by atoms with E-state index in [1.165, 1.54) is 31.0 Å². The van der Waals surface area contributed by atoms with Crippen LogP contribution in [0.3, 0.4) is 0 Å². The number of amides is 1. The summed E-state index contributed by atoms with van der Waals surface area (Å²) in [7, 11) is 0. The van der Waals surface area contributed by atoms with E-state index < -0.39 is 0 Å². The van der Waals surface area contributed by atoms with E-state index in [1.807, 2.05) is 13.8 Å². The molecule has 6 rings (SSSR count). The van der Waals surface area contributed by atoms with Crippen molar-refractivity contribution >= 4 is 22.8 Å². The lowest BCUT2D eigenvalue weighted by atomic mass is 10.0. The number of benzene rings is 1. The van der Waals surface area contributed by atoms with Crippen LogP contribution in [0.4, 0.5) is 10.2 Å². The predicted octanol–water partition coefficient (Wildman–Crippen LogP) is 4.02. The molecule has 1 aromatic carbocycles. The van der Waals surface area contributed by atoms with Crippen LogP contribution in [0.5, 0.6) is 0 Å². The van der Waals surface area contributed by atoms with Gasteiger partial charge in [0.25, 0.3) is 5.91 Å². The van der Waals surface area contributed by atoms with Gasteiger partial charge in [-0.2, -0.15) is 5.26 Å². The zero-order chi connectivity index (χ0) is 27.8. The molecule has 1 fully saturated rings. The second kappa shape index (κ2) is 10.1.